The predicted octanol–water partition coefficient (Wildman–Crippen LogP) is 3.57. The van der Waals surface area contributed by atoms with E-state index in [4.69, 9.17) is 4.52 Å². The molecule has 0 amide bonds. The first-order valence-corrected chi connectivity index (χ1v) is 7.73. The zero-order valence-electron chi connectivity index (χ0n) is 13.8. The van der Waals surface area contributed by atoms with Crippen LogP contribution >= 0.6 is 0 Å². The smallest absolute Gasteiger partial charge is 0.339 e. The number of benzene rings is 1. The molecule has 0 spiro atoms. The Kier molecular flexibility index (Phi) is 4.71. The van der Waals surface area contributed by atoms with Gasteiger partial charge < -0.3 is 9.42 Å². The Morgan fingerprint density at radius 2 is 1.92 bits per heavy atom. The van der Waals surface area contributed by atoms with Crippen LogP contribution in [0.4, 0.5) is 13.2 Å². The minimum Gasteiger partial charge on any atom is -0.339 e. The van der Waals surface area contributed by atoms with Gasteiger partial charge in [-0.1, -0.05) is 23.4 Å². The zero-order valence-corrected chi connectivity index (χ0v) is 13.8. The van der Waals surface area contributed by atoms with Crippen LogP contribution in [0.3, 0.4) is 0 Å². The fourth-order valence-corrected chi connectivity index (χ4v) is 2.67. The third kappa shape index (κ3) is 3.96. The van der Waals surface area contributed by atoms with Gasteiger partial charge in [0.15, 0.2) is 0 Å². The topological polar surface area (TPSA) is 55.1 Å². The normalized spacial score (nSPS) is 13.5. The van der Waals surface area contributed by atoms with Gasteiger partial charge in [0.05, 0.1) is 11.4 Å². The molecular formula is C17H17F3N4O. The average Bonchev–Trinajstić information content (AvgIpc) is 3.01. The Labute approximate surface area is 142 Å². The van der Waals surface area contributed by atoms with Crippen molar-refractivity contribution in [3.63, 3.8) is 0 Å². The molecule has 0 radical (unpaired) electrons. The van der Waals surface area contributed by atoms with Gasteiger partial charge in [-0.05, 0) is 26.2 Å². The van der Waals surface area contributed by atoms with Gasteiger partial charge in [-0.2, -0.15) is 18.2 Å². The number of alkyl halides is 3. The number of hydrogen-bond donors (Lipinski definition) is 0. The number of nitrogens with zero attached hydrogens (tertiary/aromatic N) is 4. The molecule has 0 saturated heterocycles. The number of rotatable bonds is 5. The van der Waals surface area contributed by atoms with Crippen molar-refractivity contribution in [3.05, 3.63) is 42.4 Å². The van der Waals surface area contributed by atoms with Crippen LogP contribution in [-0.2, 0) is 6.42 Å². The highest BCUT2D eigenvalue weighted by Gasteiger charge is 2.40. The van der Waals surface area contributed by atoms with E-state index in [2.05, 4.69) is 15.1 Å². The lowest BCUT2D eigenvalue weighted by Crippen LogP contribution is -2.34. The van der Waals surface area contributed by atoms with Crippen LogP contribution in [0.5, 0.6) is 0 Å². The maximum Gasteiger partial charge on any atom is 0.393 e. The van der Waals surface area contributed by atoms with Crippen molar-refractivity contribution >= 4 is 10.9 Å². The Morgan fingerprint density at radius 1 is 1.16 bits per heavy atom. The maximum absolute atomic E-state index is 13.2. The first-order valence-electron chi connectivity index (χ1n) is 7.73. The van der Waals surface area contributed by atoms with Crippen molar-refractivity contribution in [2.24, 2.45) is 5.92 Å². The summed E-state index contributed by atoms with van der Waals surface area (Å²) in [5.41, 5.74) is 1.43. The standard InChI is InChI=1S/C17H17F3N4O/c1-24(2)10-11(17(18,19)20)9-15-22-16(23-25-15)13-7-8-21-14-6-4-3-5-12(13)14/h3-8,11H,9-10H2,1-2H3. The molecule has 0 N–H and O–H groups in total. The number of hydrogen-bond acceptors (Lipinski definition) is 5. The van der Waals surface area contributed by atoms with Crippen LogP contribution in [0, 0.1) is 5.92 Å². The molecule has 0 bridgehead atoms. The molecule has 25 heavy (non-hydrogen) atoms. The Bertz CT molecular complexity index is 855. The quantitative estimate of drug-likeness (QED) is 0.704. The molecule has 0 aliphatic heterocycles. The van der Waals surface area contributed by atoms with Gasteiger partial charge in [-0.15, -0.1) is 0 Å². The summed E-state index contributed by atoms with van der Waals surface area (Å²) in [6.45, 7) is -0.139. The second-order valence-electron chi connectivity index (χ2n) is 6.09. The van der Waals surface area contributed by atoms with Crippen molar-refractivity contribution in [2.75, 3.05) is 20.6 Å². The second kappa shape index (κ2) is 6.79. The lowest BCUT2D eigenvalue weighted by molar-refractivity contribution is -0.178. The van der Waals surface area contributed by atoms with Crippen LogP contribution in [0.15, 0.2) is 41.1 Å². The lowest BCUT2D eigenvalue weighted by atomic mass is 10.0. The van der Waals surface area contributed by atoms with Gasteiger partial charge in [0.2, 0.25) is 11.7 Å². The minimum atomic E-state index is -4.33. The molecule has 1 aromatic carbocycles. The van der Waals surface area contributed by atoms with Crippen molar-refractivity contribution < 1.29 is 17.7 Å². The number of pyridine rings is 1. The zero-order chi connectivity index (χ0) is 18.0. The van der Waals surface area contributed by atoms with Gasteiger partial charge in [0.1, 0.15) is 0 Å². The summed E-state index contributed by atoms with van der Waals surface area (Å²) in [7, 11) is 3.20. The highest BCUT2D eigenvalue weighted by Crippen LogP contribution is 2.30. The summed E-state index contributed by atoms with van der Waals surface area (Å²) >= 11 is 0. The molecule has 3 rings (SSSR count). The van der Waals surface area contributed by atoms with E-state index in [-0.39, 0.29) is 24.7 Å². The fourth-order valence-electron chi connectivity index (χ4n) is 2.67. The summed E-state index contributed by atoms with van der Waals surface area (Å²) < 4.78 is 44.6. The van der Waals surface area contributed by atoms with E-state index in [0.29, 0.717) is 5.56 Å². The monoisotopic (exact) mass is 350 g/mol. The molecule has 1 atom stereocenters. The molecule has 0 saturated carbocycles. The van der Waals surface area contributed by atoms with Crippen LogP contribution in [-0.4, -0.2) is 46.8 Å². The molecule has 0 aliphatic rings. The highest BCUT2D eigenvalue weighted by atomic mass is 19.4. The number of fused-ring (bicyclic) bond motifs is 1. The summed E-state index contributed by atoms with van der Waals surface area (Å²) in [5.74, 6) is -1.33. The van der Waals surface area contributed by atoms with Gasteiger partial charge in [-0.3, -0.25) is 4.98 Å². The fraction of sp³-hybridized carbons (Fsp3) is 0.353. The molecule has 5 nitrogen and oxygen atoms in total. The minimum absolute atomic E-state index is 0.0277. The van der Waals surface area contributed by atoms with E-state index in [1.54, 1.807) is 26.4 Å². The summed E-state index contributed by atoms with van der Waals surface area (Å²) in [6, 6.07) is 9.13. The van der Waals surface area contributed by atoms with Crippen LogP contribution in [0.25, 0.3) is 22.3 Å². The van der Waals surface area contributed by atoms with Crippen LogP contribution in [0.1, 0.15) is 5.89 Å². The molecule has 3 aromatic rings. The summed E-state index contributed by atoms with van der Waals surface area (Å²) in [4.78, 5) is 9.91. The molecule has 0 aliphatic carbocycles. The van der Waals surface area contributed by atoms with Crippen LogP contribution < -0.4 is 0 Å². The third-order valence-corrected chi connectivity index (χ3v) is 3.83. The predicted molar refractivity (Wildman–Crippen MR) is 86.8 cm³/mol. The van der Waals surface area contributed by atoms with Gasteiger partial charge in [0, 0.05) is 30.1 Å². The van der Waals surface area contributed by atoms with E-state index < -0.39 is 12.1 Å². The van der Waals surface area contributed by atoms with Crippen molar-refractivity contribution in [3.8, 4) is 11.4 Å². The van der Waals surface area contributed by atoms with Crippen molar-refractivity contribution in [1.82, 2.24) is 20.0 Å². The van der Waals surface area contributed by atoms with E-state index in [9.17, 15) is 13.2 Å². The molecule has 8 heteroatoms. The Balaban J connectivity index is 1.89. The third-order valence-electron chi connectivity index (χ3n) is 3.83. The van der Waals surface area contributed by atoms with Gasteiger partial charge >= 0.3 is 6.18 Å². The summed E-state index contributed by atoms with van der Waals surface area (Å²) in [6.07, 6.45) is -3.07. The Morgan fingerprint density at radius 3 is 2.64 bits per heavy atom. The largest absolute Gasteiger partial charge is 0.393 e. The van der Waals surface area contributed by atoms with Gasteiger partial charge in [-0.25, -0.2) is 0 Å². The average molecular weight is 350 g/mol. The first kappa shape index (κ1) is 17.3. The number of aromatic nitrogens is 3. The summed E-state index contributed by atoms with van der Waals surface area (Å²) in [5, 5.41) is 4.67. The van der Waals surface area contributed by atoms with Crippen molar-refractivity contribution in [1.29, 1.82) is 0 Å². The van der Waals surface area contributed by atoms with E-state index >= 15 is 0 Å². The molecule has 1 unspecified atom stereocenters. The maximum atomic E-state index is 13.2. The first-order chi connectivity index (χ1) is 11.8. The van der Waals surface area contributed by atoms with E-state index in [0.717, 1.165) is 10.9 Å². The molecule has 2 heterocycles. The molecule has 0 fully saturated rings. The van der Waals surface area contributed by atoms with Crippen molar-refractivity contribution in [2.45, 2.75) is 12.6 Å². The molecule has 2 aromatic heterocycles. The second-order valence-corrected chi connectivity index (χ2v) is 6.09. The molecular weight excluding hydrogens is 333 g/mol. The van der Waals surface area contributed by atoms with Gasteiger partial charge in [0.25, 0.3) is 0 Å². The number of halogens is 3. The number of para-hydroxylation sites is 1. The highest BCUT2D eigenvalue weighted by molar-refractivity contribution is 5.92. The van der Waals surface area contributed by atoms with E-state index in [1.165, 1.54) is 4.90 Å². The Hall–Kier alpha value is -2.48. The van der Waals surface area contributed by atoms with E-state index in [1.807, 2.05) is 24.3 Å². The van der Waals surface area contributed by atoms with Crippen LogP contribution in [0.2, 0.25) is 0 Å². The lowest BCUT2D eigenvalue weighted by Gasteiger charge is -2.22. The SMILES string of the molecule is CN(C)CC(Cc1nc(-c2ccnc3ccccc23)no1)C(F)(F)F. The molecule has 132 valence electrons.